The molecular weight excluding hydrogens is 269 g/mol. The number of ether oxygens (including phenoxy) is 1. The predicted molar refractivity (Wildman–Crippen MR) is 73.1 cm³/mol. The lowest BCUT2D eigenvalue weighted by Gasteiger charge is -2.26. The molecule has 1 N–H and O–H groups in total. The molecule has 1 aromatic carbocycles. The van der Waals surface area contributed by atoms with Gasteiger partial charge in [0.2, 0.25) is 0 Å². The summed E-state index contributed by atoms with van der Waals surface area (Å²) in [5.74, 6) is 0.676. The SMILES string of the molecule is CNC(CN(C)CC(F)(F)F)c1cc(C)ccc1OC. The fourth-order valence-corrected chi connectivity index (χ4v) is 2.15. The highest BCUT2D eigenvalue weighted by molar-refractivity contribution is 5.39. The third-order valence-corrected chi connectivity index (χ3v) is 3.05. The van der Waals surface area contributed by atoms with Crippen LogP contribution in [0.25, 0.3) is 0 Å². The fraction of sp³-hybridized carbons (Fsp3) is 0.571. The summed E-state index contributed by atoms with van der Waals surface area (Å²) >= 11 is 0. The zero-order chi connectivity index (χ0) is 15.3. The van der Waals surface area contributed by atoms with Crippen LogP contribution in [0.1, 0.15) is 17.2 Å². The van der Waals surface area contributed by atoms with E-state index < -0.39 is 12.7 Å². The topological polar surface area (TPSA) is 24.5 Å². The van der Waals surface area contributed by atoms with Gasteiger partial charge >= 0.3 is 6.18 Å². The Morgan fingerprint density at radius 1 is 1.35 bits per heavy atom. The van der Waals surface area contributed by atoms with E-state index >= 15 is 0 Å². The van der Waals surface area contributed by atoms with Crippen molar-refractivity contribution in [3.63, 3.8) is 0 Å². The third kappa shape index (κ3) is 5.02. The van der Waals surface area contributed by atoms with E-state index in [0.29, 0.717) is 5.75 Å². The Morgan fingerprint density at radius 3 is 2.50 bits per heavy atom. The maximum absolute atomic E-state index is 12.4. The van der Waals surface area contributed by atoms with E-state index in [-0.39, 0.29) is 12.6 Å². The van der Waals surface area contributed by atoms with E-state index in [4.69, 9.17) is 4.74 Å². The van der Waals surface area contributed by atoms with Gasteiger partial charge in [-0.25, -0.2) is 0 Å². The number of alkyl halides is 3. The van der Waals surface area contributed by atoms with Gasteiger partial charge in [0.25, 0.3) is 0 Å². The van der Waals surface area contributed by atoms with E-state index in [2.05, 4.69) is 5.32 Å². The molecule has 0 saturated heterocycles. The summed E-state index contributed by atoms with van der Waals surface area (Å²) in [5, 5.41) is 3.05. The van der Waals surface area contributed by atoms with Crippen LogP contribution in [0.4, 0.5) is 13.2 Å². The molecule has 1 unspecified atom stereocenters. The monoisotopic (exact) mass is 290 g/mol. The van der Waals surface area contributed by atoms with Crippen LogP contribution in [0.3, 0.4) is 0 Å². The number of methoxy groups -OCH3 is 1. The Bertz CT molecular complexity index is 435. The molecule has 0 radical (unpaired) electrons. The summed E-state index contributed by atoms with van der Waals surface area (Å²) in [4.78, 5) is 1.25. The first-order valence-electron chi connectivity index (χ1n) is 6.34. The maximum atomic E-state index is 12.4. The van der Waals surface area contributed by atoms with Crippen LogP contribution >= 0.6 is 0 Å². The lowest BCUT2D eigenvalue weighted by Crippen LogP contribution is -2.37. The molecule has 0 aromatic heterocycles. The minimum atomic E-state index is -4.19. The zero-order valence-electron chi connectivity index (χ0n) is 12.2. The molecule has 114 valence electrons. The molecule has 1 rings (SSSR count). The fourth-order valence-electron chi connectivity index (χ4n) is 2.15. The van der Waals surface area contributed by atoms with E-state index in [0.717, 1.165) is 11.1 Å². The van der Waals surface area contributed by atoms with E-state index in [9.17, 15) is 13.2 Å². The Labute approximate surface area is 117 Å². The highest BCUT2D eigenvalue weighted by atomic mass is 19.4. The molecule has 0 aliphatic carbocycles. The van der Waals surface area contributed by atoms with E-state index in [1.54, 1.807) is 14.2 Å². The highest BCUT2D eigenvalue weighted by Crippen LogP contribution is 2.27. The summed E-state index contributed by atoms with van der Waals surface area (Å²) in [6.07, 6.45) is -4.19. The second kappa shape index (κ2) is 6.95. The molecule has 0 spiro atoms. The standard InChI is InChI=1S/C14H21F3N2O/c1-10-5-6-13(20-4)11(7-10)12(18-2)8-19(3)9-14(15,16)17/h5-7,12,18H,8-9H2,1-4H3. The van der Waals surface area contributed by atoms with Gasteiger partial charge in [-0.15, -0.1) is 0 Å². The Kier molecular flexibility index (Phi) is 5.83. The number of aryl methyl sites for hydroxylation is 1. The molecule has 20 heavy (non-hydrogen) atoms. The summed E-state index contributed by atoms with van der Waals surface area (Å²) in [5.41, 5.74) is 1.91. The molecule has 0 amide bonds. The number of nitrogens with one attached hydrogen (secondary N) is 1. The summed E-state index contributed by atoms with van der Waals surface area (Å²) < 4.78 is 42.4. The van der Waals surface area contributed by atoms with Gasteiger partial charge in [0.1, 0.15) is 5.75 Å². The van der Waals surface area contributed by atoms with Crippen LogP contribution in [-0.4, -0.2) is 45.4 Å². The number of hydrogen-bond acceptors (Lipinski definition) is 3. The van der Waals surface area contributed by atoms with Crippen LogP contribution in [0.15, 0.2) is 18.2 Å². The molecule has 0 saturated carbocycles. The van der Waals surface area contributed by atoms with Crippen LogP contribution in [-0.2, 0) is 0 Å². The molecular formula is C14H21F3N2O. The van der Waals surface area contributed by atoms with Gasteiger partial charge in [0.05, 0.1) is 13.7 Å². The average molecular weight is 290 g/mol. The number of halogens is 3. The second-order valence-corrected chi connectivity index (χ2v) is 4.90. The van der Waals surface area contributed by atoms with Gasteiger partial charge in [-0.3, -0.25) is 4.90 Å². The minimum absolute atomic E-state index is 0.225. The molecule has 0 aliphatic heterocycles. The molecule has 0 heterocycles. The zero-order valence-corrected chi connectivity index (χ0v) is 12.2. The largest absolute Gasteiger partial charge is 0.496 e. The first-order valence-corrected chi connectivity index (χ1v) is 6.34. The first-order chi connectivity index (χ1) is 9.26. The van der Waals surface area contributed by atoms with E-state index in [1.807, 2.05) is 25.1 Å². The maximum Gasteiger partial charge on any atom is 0.401 e. The Balaban J connectivity index is 2.88. The van der Waals surface area contributed by atoms with Gasteiger partial charge in [-0.05, 0) is 27.1 Å². The van der Waals surface area contributed by atoms with E-state index in [1.165, 1.54) is 11.9 Å². The molecule has 3 nitrogen and oxygen atoms in total. The van der Waals surface area contributed by atoms with Crippen LogP contribution in [0.5, 0.6) is 5.75 Å². The summed E-state index contributed by atoms with van der Waals surface area (Å²) in [6.45, 7) is 1.25. The number of rotatable bonds is 6. The molecule has 0 fully saturated rings. The number of likely N-dealkylation sites (N-methyl/N-ethyl adjacent to an activating group) is 2. The van der Waals surface area contributed by atoms with Crippen LogP contribution < -0.4 is 10.1 Å². The van der Waals surface area contributed by atoms with Crippen molar-refractivity contribution < 1.29 is 17.9 Å². The number of nitrogens with zero attached hydrogens (tertiary/aromatic N) is 1. The van der Waals surface area contributed by atoms with Crippen molar-refractivity contribution in [2.75, 3.05) is 34.3 Å². The third-order valence-electron chi connectivity index (χ3n) is 3.05. The van der Waals surface area contributed by atoms with Gasteiger partial charge in [0, 0.05) is 18.2 Å². The van der Waals surface area contributed by atoms with Crippen molar-refractivity contribution in [3.8, 4) is 5.75 Å². The number of hydrogen-bond donors (Lipinski definition) is 1. The molecule has 0 bridgehead atoms. The van der Waals surface area contributed by atoms with Gasteiger partial charge in [-0.1, -0.05) is 17.7 Å². The smallest absolute Gasteiger partial charge is 0.401 e. The van der Waals surface area contributed by atoms with Crippen molar-refractivity contribution in [3.05, 3.63) is 29.3 Å². The minimum Gasteiger partial charge on any atom is -0.496 e. The van der Waals surface area contributed by atoms with Gasteiger partial charge < -0.3 is 10.1 Å². The van der Waals surface area contributed by atoms with Crippen molar-refractivity contribution in [2.24, 2.45) is 0 Å². The molecule has 6 heteroatoms. The molecule has 0 aliphatic rings. The van der Waals surface area contributed by atoms with Gasteiger partial charge in [-0.2, -0.15) is 13.2 Å². The second-order valence-electron chi connectivity index (χ2n) is 4.90. The average Bonchev–Trinajstić information content (AvgIpc) is 2.33. The number of benzene rings is 1. The first kappa shape index (κ1) is 16.8. The normalized spacial score (nSPS) is 13.6. The van der Waals surface area contributed by atoms with Crippen molar-refractivity contribution in [1.82, 2.24) is 10.2 Å². The Morgan fingerprint density at radius 2 is 2.00 bits per heavy atom. The highest BCUT2D eigenvalue weighted by Gasteiger charge is 2.30. The summed E-state index contributed by atoms with van der Waals surface area (Å²) in [6, 6.07) is 5.45. The van der Waals surface area contributed by atoms with Gasteiger partial charge in [0.15, 0.2) is 0 Å². The molecule has 1 atom stereocenters. The van der Waals surface area contributed by atoms with Crippen molar-refractivity contribution in [2.45, 2.75) is 19.1 Å². The molecule has 1 aromatic rings. The van der Waals surface area contributed by atoms with Crippen LogP contribution in [0.2, 0.25) is 0 Å². The lowest BCUT2D eigenvalue weighted by atomic mass is 10.0. The lowest BCUT2D eigenvalue weighted by molar-refractivity contribution is -0.143. The van der Waals surface area contributed by atoms with Crippen LogP contribution in [0, 0.1) is 6.92 Å². The Hall–Kier alpha value is -1.27. The van der Waals surface area contributed by atoms with Crippen molar-refractivity contribution in [1.29, 1.82) is 0 Å². The quantitative estimate of drug-likeness (QED) is 0.872. The summed E-state index contributed by atoms with van der Waals surface area (Å²) in [7, 11) is 4.74. The van der Waals surface area contributed by atoms with Crippen molar-refractivity contribution >= 4 is 0 Å². The predicted octanol–water partition coefficient (Wildman–Crippen LogP) is 2.76.